The highest BCUT2D eigenvalue weighted by atomic mass is 16.5. The van der Waals surface area contributed by atoms with E-state index >= 15 is 0 Å². The van der Waals surface area contributed by atoms with Gasteiger partial charge in [0.2, 0.25) is 11.8 Å². The molecule has 1 fully saturated rings. The van der Waals surface area contributed by atoms with Gasteiger partial charge >= 0.3 is 0 Å². The molecule has 1 aromatic rings. The number of methoxy groups -OCH3 is 1. The molecule has 10 nitrogen and oxygen atoms in total. The number of rotatable bonds is 12. The van der Waals surface area contributed by atoms with Crippen molar-refractivity contribution in [3.8, 4) is 5.75 Å². The summed E-state index contributed by atoms with van der Waals surface area (Å²) in [4.78, 5) is 34.9. The molecular weight excluding hydrogens is 392 g/mol. The third-order valence-corrected chi connectivity index (χ3v) is 4.15. The van der Waals surface area contributed by atoms with Gasteiger partial charge in [-0.05, 0) is 42.7 Å². The van der Waals surface area contributed by atoms with Crippen molar-refractivity contribution in [2.24, 2.45) is 5.10 Å². The number of hydrogen-bond acceptors (Lipinski definition) is 7. The van der Waals surface area contributed by atoms with Gasteiger partial charge in [0.25, 0.3) is 5.91 Å². The van der Waals surface area contributed by atoms with Crippen LogP contribution in [0.3, 0.4) is 0 Å². The van der Waals surface area contributed by atoms with Crippen LogP contribution in [0.2, 0.25) is 0 Å². The van der Waals surface area contributed by atoms with Crippen molar-refractivity contribution in [1.29, 1.82) is 0 Å². The van der Waals surface area contributed by atoms with E-state index in [1.807, 2.05) is 0 Å². The maximum atomic E-state index is 11.8. The second-order valence-electron chi connectivity index (χ2n) is 6.61. The molecule has 1 aliphatic heterocycles. The molecule has 0 bridgehead atoms. The van der Waals surface area contributed by atoms with Gasteiger partial charge in [0.05, 0.1) is 18.9 Å². The third-order valence-electron chi connectivity index (χ3n) is 4.15. The number of amides is 3. The van der Waals surface area contributed by atoms with E-state index in [4.69, 9.17) is 14.2 Å². The summed E-state index contributed by atoms with van der Waals surface area (Å²) in [5.41, 5.74) is 3.01. The van der Waals surface area contributed by atoms with Crippen LogP contribution >= 0.6 is 0 Å². The molecule has 0 aromatic heterocycles. The van der Waals surface area contributed by atoms with Crippen LogP contribution in [0.4, 0.5) is 0 Å². The quantitative estimate of drug-likeness (QED) is 0.189. The molecule has 0 unspecified atom stereocenters. The Morgan fingerprint density at radius 2 is 1.97 bits per heavy atom. The van der Waals surface area contributed by atoms with E-state index in [9.17, 15) is 14.4 Å². The van der Waals surface area contributed by atoms with Gasteiger partial charge in [-0.25, -0.2) is 5.43 Å². The van der Waals surface area contributed by atoms with E-state index in [1.165, 1.54) is 13.3 Å². The highest BCUT2D eigenvalue weighted by Gasteiger charge is 2.16. The lowest BCUT2D eigenvalue weighted by atomic mass is 10.2. The Labute approximate surface area is 175 Å². The number of nitrogens with one attached hydrogen (secondary N) is 3. The molecule has 1 heterocycles. The Hall–Kier alpha value is -2.98. The van der Waals surface area contributed by atoms with Gasteiger partial charge < -0.3 is 24.8 Å². The van der Waals surface area contributed by atoms with Gasteiger partial charge in [0.15, 0.2) is 6.61 Å². The monoisotopic (exact) mass is 420 g/mol. The number of nitrogens with zero attached hydrogens (tertiary/aromatic N) is 1. The van der Waals surface area contributed by atoms with Crippen molar-refractivity contribution in [2.45, 2.75) is 25.4 Å². The normalized spacial score (nSPS) is 15.7. The van der Waals surface area contributed by atoms with E-state index in [-0.39, 0.29) is 25.0 Å². The van der Waals surface area contributed by atoms with Crippen molar-refractivity contribution in [3.05, 3.63) is 29.8 Å². The highest BCUT2D eigenvalue weighted by molar-refractivity contribution is 5.97. The van der Waals surface area contributed by atoms with Gasteiger partial charge in [0, 0.05) is 26.8 Å². The van der Waals surface area contributed by atoms with Crippen molar-refractivity contribution in [3.63, 3.8) is 0 Å². The van der Waals surface area contributed by atoms with E-state index in [0.29, 0.717) is 25.4 Å². The fourth-order valence-electron chi connectivity index (χ4n) is 2.60. The predicted octanol–water partition coefficient (Wildman–Crippen LogP) is -0.0366. The molecule has 1 aliphatic rings. The first-order chi connectivity index (χ1) is 14.6. The molecule has 1 saturated heterocycles. The van der Waals surface area contributed by atoms with Crippen LogP contribution in [0.1, 0.15) is 24.8 Å². The fraction of sp³-hybridized carbons (Fsp3) is 0.500. The lowest BCUT2D eigenvalue weighted by Gasteiger charge is -2.11. The zero-order chi connectivity index (χ0) is 21.6. The average Bonchev–Trinajstić information content (AvgIpc) is 3.25. The SMILES string of the molecule is COCCNC(=O)CC(=O)N/N=C/c1ccc(OCC(=O)NC[C@H]2CCCO2)cc1. The van der Waals surface area contributed by atoms with E-state index in [2.05, 4.69) is 21.2 Å². The fourth-order valence-corrected chi connectivity index (χ4v) is 2.60. The first-order valence-corrected chi connectivity index (χ1v) is 9.75. The largest absolute Gasteiger partial charge is 0.484 e. The van der Waals surface area contributed by atoms with Crippen LogP contribution < -0.4 is 20.8 Å². The number of hydrazone groups is 1. The maximum absolute atomic E-state index is 11.8. The first kappa shape index (κ1) is 23.3. The maximum Gasteiger partial charge on any atom is 0.258 e. The molecule has 1 aromatic carbocycles. The summed E-state index contributed by atoms with van der Waals surface area (Å²) in [6.45, 7) is 1.89. The Morgan fingerprint density at radius 3 is 2.67 bits per heavy atom. The summed E-state index contributed by atoms with van der Waals surface area (Å²) < 4.78 is 15.7. The molecule has 0 aliphatic carbocycles. The minimum absolute atomic E-state index is 0.0807. The Kier molecular flexibility index (Phi) is 10.3. The molecule has 3 amide bonds. The third kappa shape index (κ3) is 9.48. The number of hydrogen-bond donors (Lipinski definition) is 3. The summed E-state index contributed by atoms with van der Waals surface area (Å²) in [5.74, 6) is -0.586. The zero-order valence-corrected chi connectivity index (χ0v) is 17.0. The molecule has 0 saturated carbocycles. The minimum Gasteiger partial charge on any atom is -0.484 e. The minimum atomic E-state index is -0.518. The zero-order valence-electron chi connectivity index (χ0n) is 17.0. The number of carbonyl (C=O) groups is 3. The molecule has 3 N–H and O–H groups in total. The highest BCUT2D eigenvalue weighted by Crippen LogP contribution is 2.12. The van der Waals surface area contributed by atoms with Crippen LogP contribution in [0.25, 0.3) is 0 Å². The standard InChI is InChI=1S/C20H28N4O6/c1-28-10-8-21-18(25)11-19(26)24-23-12-15-4-6-16(7-5-15)30-14-20(27)22-13-17-3-2-9-29-17/h4-7,12,17H,2-3,8-11,13-14H2,1H3,(H,21,25)(H,22,27)(H,24,26)/b23-12+/t17-/m1/s1. The van der Waals surface area contributed by atoms with Crippen molar-refractivity contribution < 1.29 is 28.6 Å². The van der Waals surface area contributed by atoms with Crippen molar-refractivity contribution in [2.75, 3.05) is 40.0 Å². The van der Waals surface area contributed by atoms with Crippen LogP contribution in [-0.4, -0.2) is 70.1 Å². The van der Waals surface area contributed by atoms with E-state index in [1.54, 1.807) is 24.3 Å². The number of carbonyl (C=O) groups excluding carboxylic acids is 3. The summed E-state index contributed by atoms with van der Waals surface area (Å²) in [7, 11) is 1.52. The second-order valence-corrected chi connectivity index (χ2v) is 6.61. The molecule has 2 rings (SSSR count). The summed E-state index contributed by atoms with van der Waals surface area (Å²) in [6.07, 6.45) is 3.21. The smallest absolute Gasteiger partial charge is 0.258 e. The van der Waals surface area contributed by atoms with Crippen LogP contribution in [0.15, 0.2) is 29.4 Å². The molecule has 164 valence electrons. The van der Waals surface area contributed by atoms with Crippen LogP contribution in [0, 0.1) is 0 Å². The summed E-state index contributed by atoms with van der Waals surface area (Å²) in [6, 6.07) is 6.85. The van der Waals surface area contributed by atoms with Gasteiger partial charge in [-0.2, -0.15) is 5.10 Å². The molecular formula is C20H28N4O6. The van der Waals surface area contributed by atoms with E-state index in [0.717, 1.165) is 25.0 Å². The molecule has 30 heavy (non-hydrogen) atoms. The molecule has 0 radical (unpaired) electrons. The van der Waals surface area contributed by atoms with E-state index < -0.39 is 11.8 Å². The van der Waals surface area contributed by atoms with Crippen molar-refractivity contribution >= 4 is 23.9 Å². The average molecular weight is 420 g/mol. The Balaban J connectivity index is 1.63. The predicted molar refractivity (Wildman–Crippen MR) is 109 cm³/mol. The lowest BCUT2D eigenvalue weighted by Crippen LogP contribution is -2.35. The first-order valence-electron chi connectivity index (χ1n) is 9.75. The van der Waals surface area contributed by atoms with Gasteiger partial charge in [-0.1, -0.05) is 0 Å². The second kappa shape index (κ2) is 13.3. The molecule has 1 atom stereocenters. The summed E-state index contributed by atoms with van der Waals surface area (Å²) >= 11 is 0. The molecule has 10 heteroatoms. The topological polar surface area (TPSA) is 127 Å². The number of benzene rings is 1. The molecule has 0 spiro atoms. The van der Waals surface area contributed by atoms with Crippen molar-refractivity contribution in [1.82, 2.24) is 16.1 Å². The number of ether oxygens (including phenoxy) is 3. The van der Waals surface area contributed by atoms with Gasteiger partial charge in [-0.3, -0.25) is 14.4 Å². The van der Waals surface area contributed by atoms with Crippen LogP contribution in [0.5, 0.6) is 5.75 Å². The Morgan fingerprint density at radius 1 is 1.17 bits per heavy atom. The van der Waals surface area contributed by atoms with Crippen LogP contribution in [-0.2, 0) is 23.9 Å². The summed E-state index contributed by atoms with van der Waals surface area (Å²) in [5, 5.41) is 9.14. The van der Waals surface area contributed by atoms with Gasteiger partial charge in [0.1, 0.15) is 12.2 Å². The Bertz CT molecular complexity index is 717. The van der Waals surface area contributed by atoms with Gasteiger partial charge in [-0.15, -0.1) is 0 Å². The lowest BCUT2D eigenvalue weighted by molar-refractivity contribution is -0.129.